The zero-order chi connectivity index (χ0) is 14.5. The van der Waals surface area contributed by atoms with E-state index in [1.807, 2.05) is 11.7 Å². The lowest BCUT2D eigenvalue weighted by molar-refractivity contribution is 0.478. The minimum atomic E-state index is 0.193. The van der Waals surface area contributed by atoms with Crippen LogP contribution in [-0.4, -0.2) is 31.4 Å². The Kier molecular flexibility index (Phi) is 5.19. The lowest BCUT2D eigenvalue weighted by Gasteiger charge is -2.16. The van der Waals surface area contributed by atoms with Crippen molar-refractivity contribution < 1.29 is 0 Å². The van der Waals surface area contributed by atoms with E-state index in [1.165, 1.54) is 16.4 Å². The molecule has 0 aliphatic rings. The Bertz CT molecular complexity index is 532. The van der Waals surface area contributed by atoms with Crippen molar-refractivity contribution in [1.29, 1.82) is 0 Å². The first-order valence-corrected chi connectivity index (χ1v) is 7.81. The second-order valence-electron chi connectivity index (χ2n) is 5.09. The van der Waals surface area contributed by atoms with Gasteiger partial charge < -0.3 is 5.32 Å². The predicted octanol–water partition coefficient (Wildman–Crippen LogP) is 2.17. The molecule has 0 aliphatic carbocycles. The van der Waals surface area contributed by atoms with Gasteiger partial charge in [-0.05, 0) is 38.8 Å². The van der Waals surface area contributed by atoms with Crippen molar-refractivity contribution in [3.05, 3.63) is 22.7 Å². The molecular weight excluding hydrogens is 272 g/mol. The largest absolute Gasteiger partial charge is 0.312 e. The fraction of sp³-hybridized carbons (Fsp3) is 0.692. The van der Waals surface area contributed by atoms with Crippen LogP contribution in [0.3, 0.4) is 0 Å². The predicted molar refractivity (Wildman–Crippen MR) is 79.8 cm³/mol. The van der Waals surface area contributed by atoms with Gasteiger partial charge in [-0.1, -0.05) is 17.8 Å². The molecule has 2 heterocycles. The Morgan fingerprint density at radius 3 is 2.85 bits per heavy atom. The molecule has 0 aromatic carbocycles. The maximum absolute atomic E-state index is 4.39. The Hall–Kier alpha value is -1.34. The third kappa shape index (κ3) is 3.21. The monoisotopic (exact) mass is 294 g/mol. The summed E-state index contributed by atoms with van der Waals surface area (Å²) in [5.41, 5.74) is 1.10. The molecule has 2 rings (SSSR count). The van der Waals surface area contributed by atoms with E-state index in [9.17, 15) is 0 Å². The van der Waals surface area contributed by atoms with Gasteiger partial charge in [0.25, 0.3) is 0 Å². The van der Waals surface area contributed by atoms with Crippen LogP contribution in [0.2, 0.25) is 0 Å². The van der Waals surface area contributed by atoms with E-state index in [1.54, 1.807) is 6.33 Å². The summed E-state index contributed by atoms with van der Waals surface area (Å²) >= 11 is 1.48. The Morgan fingerprint density at radius 1 is 1.40 bits per heavy atom. The molecule has 1 N–H and O–H groups in total. The lowest BCUT2D eigenvalue weighted by atomic mass is 10.1. The van der Waals surface area contributed by atoms with E-state index in [4.69, 9.17) is 0 Å². The number of rotatable bonds is 7. The van der Waals surface area contributed by atoms with Gasteiger partial charge in [0.2, 0.25) is 0 Å². The minimum Gasteiger partial charge on any atom is -0.312 e. The van der Waals surface area contributed by atoms with Crippen molar-refractivity contribution in [2.45, 2.75) is 52.1 Å². The van der Waals surface area contributed by atoms with Gasteiger partial charge in [0.05, 0.1) is 16.6 Å². The number of aryl methyl sites for hydroxylation is 1. The van der Waals surface area contributed by atoms with Gasteiger partial charge in [-0.15, -0.1) is 5.10 Å². The first-order chi connectivity index (χ1) is 9.67. The average Bonchev–Trinajstić information content (AvgIpc) is 3.05. The minimum absolute atomic E-state index is 0.193. The van der Waals surface area contributed by atoms with Crippen molar-refractivity contribution in [3.8, 4) is 0 Å². The quantitative estimate of drug-likeness (QED) is 0.847. The molecular formula is C13H22N6S. The van der Waals surface area contributed by atoms with Gasteiger partial charge in [-0.25, -0.2) is 9.67 Å². The molecule has 0 bridgehead atoms. The van der Waals surface area contributed by atoms with E-state index < -0.39 is 0 Å². The molecule has 6 nitrogen and oxygen atoms in total. The summed E-state index contributed by atoms with van der Waals surface area (Å²) in [6.07, 6.45) is 4.48. The van der Waals surface area contributed by atoms with Crippen molar-refractivity contribution >= 4 is 11.5 Å². The topological polar surface area (TPSA) is 68.5 Å². The molecule has 0 radical (unpaired) electrons. The highest BCUT2D eigenvalue weighted by Crippen LogP contribution is 2.24. The van der Waals surface area contributed by atoms with Crippen LogP contribution in [0.15, 0.2) is 6.33 Å². The van der Waals surface area contributed by atoms with Crippen LogP contribution >= 0.6 is 11.5 Å². The van der Waals surface area contributed by atoms with Crippen LogP contribution < -0.4 is 5.32 Å². The highest BCUT2D eigenvalue weighted by atomic mass is 32.1. The molecule has 0 amide bonds. The van der Waals surface area contributed by atoms with Crippen molar-refractivity contribution in [3.63, 3.8) is 0 Å². The van der Waals surface area contributed by atoms with E-state index in [0.29, 0.717) is 6.04 Å². The zero-order valence-electron chi connectivity index (χ0n) is 12.5. The molecule has 2 aromatic rings. The summed E-state index contributed by atoms with van der Waals surface area (Å²) < 4.78 is 6.08. The normalized spacial score (nSPS) is 13.1. The number of nitrogens with zero attached hydrogens (tertiary/aromatic N) is 5. The van der Waals surface area contributed by atoms with E-state index in [2.05, 4.69) is 45.8 Å². The van der Waals surface area contributed by atoms with Gasteiger partial charge in [0, 0.05) is 12.5 Å². The molecule has 1 unspecified atom stereocenters. The van der Waals surface area contributed by atoms with Gasteiger partial charge in [-0.2, -0.15) is 5.10 Å². The number of nitrogens with one attached hydrogen (secondary N) is 1. The fourth-order valence-corrected chi connectivity index (χ4v) is 3.05. The van der Waals surface area contributed by atoms with Crippen molar-refractivity contribution in [2.75, 3.05) is 7.05 Å². The third-order valence-corrected chi connectivity index (χ3v) is 4.14. The molecule has 0 saturated carbocycles. The van der Waals surface area contributed by atoms with E-state index in [0.717, 1.165) is 30.8 Å². The first kappa shape index (κ1) is 15.1. The standard InChI is InChI=1S/C13H22N6S/c1-5-6-10-13(20-18-17-10)11(14-4)7-12-15-8-16-19(12)9(2)3/h8-9,11,14H,5-7H2,1-4H3. The second kappa shape index (κ2) is 6.90. The molecule has 2 aromatic heterocycles. The van der Waals surface area contributed by atoms with Crippen molar-refractivity contribution in [1.82, 2.24) is 29.7 Å². The Labute approximate surface area is 123 Å². The highest BCUT2D eigenvalue weighted by molar-refractivity contribution is 7.05. The summed E-state index contributed by atoms with van der Waals surface area (Å²) in [6.45, 7) is 6.39. The van der Waals surface area contributed by atoms with Gasteiger partial charge in [0.1, 0.15) is 12.2 Å². The Balaban J connectivity index is 2.20. The SMILES string of the molecule is CCCc1nnsc1C(Cc1ncnn1C(C)C)NC. The highest BCUT2D eigenvalue weighted by Gasteiger charge is 2.20. The number of aromatic nitrogens is 5. The fourth-order valence-electron chi connectivity index (χ4n) is 2.25. The summed E-state index contributed by atoms with van der Waals surface area (Å²) in [7, 11) is 1.97. The molecule has 110 valence electrons. The smallest absolute Gasteiger partial charge is 0.138 e. The molecule has 0 spiro atoms. The third-order valence-electron chi connectivity index (χ3n) is 3.26. The van der Waals surface area contributed by atoms with Crippen LogP contribution in [0.1, 0.15) is 55.7 Å². The van der Waals surface area contributed by atoms with E-state index >= 15 is 0 Å². The van der Waals surface area contributed by atoms with Crippen LogP contribution in [0.4, 0.5) is 0 Å². The molecule has 0 saturated heterocycles. The van der Waals surface area contributed by atoms with Crippen molar-refractivity contribution in [2.24, 2.45) is 0 Å². The lowest BCUT2D eigenvalue weighted by Crippen LogP contribution is -2.22. The second-order valence-corrected chi connectivity index (χ2v) is 5.88. The van der Waals surface area contributed by atoms with E-state index in [-0.39, 0.29) is 6.04 Å². The molecule has 7 heteroatoms. The molecule has 1 atom stereocenters. The number of hydrogen-bond acceptors (Lipinski definition) is 6. The number of hydrogen-bond donors (Lipinski definition) is 1. The molecule has 0 aliphatic heterocycles. The summed E-state index contributed by atoms with van der Waals surface area (Å²) in [4.78, 5) is 5.60. The van der Waals surface area contributed by atoms with Crippen LogP contribution in [-0.2, 0) is 12.8 Å². The Morgan fingerprint density at radius 2 is 2.20 bits per heavy atom. The maximum Gasteiger partial charge on any atom is 0.138 e. The first-order valence-electron chi connectivity index (χ1n) is 7.04. The zero-order valence-corrected chi connectivity index (χ0v) is 13.3. The van der Waals surface area contributed by atoms with Gasteiger partial charge in [-0.3, -0.25) is 0 Å². The van der Waals surface area contributed by atoms with Crippen LogP contribution in [0, 0.1) is 0 Å². The summed E-state index contributed by atoms with van der Waals surface area (Å²) in [6, 6.07) is 0.512. The maximum atomic E-state index is 4.39. The molecule has 0 fully saturated rings. The average molecular weight is 294 g/mol. The van der Waals surface area contributed by atoms with Gasteiger partial charge in [0.15, 0.2) is 0 Å². The van der Waals surface area contributed by atoms with Crippen LogP contribution in [0.5, 0.6) is 0 Å². The van der Waals surface area contributed by atoms with Crippen LogP contribution in [0.25, 0.3) is 0 Å². The number of likely N-dealkylation sites (N-methyl/N-ethyl adjacent to an activating group) is 1. The van der Waals surface area contributed by atoms with Gasteiger partial charge >= 0.3 is 0 Å². The molecule has 20 heavy (non-hydrogen) atoms. The summed E-state index contributed by atoms with van der Waals surface area (Å²) in [5, 5.41) is 11.9. The summed E-state index contributed by atoms with van der Waals surface area (Å²) in [5.74, 6) is 0.996.